The highest BCUT2D eigenvalue weighted by atomic mass is 79.9. The SMILES string of the molecule is O=C(COc1cc(Br)cc(Br)c1)Nc1cscc1C(=O)O. The lowest BCUT2D eigenvalue weighted by atomic mass is 10.3. The summed E-state index contributed by atoms with van der Waals surface area (Å²) in [6, 6.07) is 5.30. The smallest absolute Gasteiger partial charge is 0.338 e. The van der Waals surface area contributed by atoms with E-state index in [2.05, 4.69) is 37.2 Å². The van der Waals surface area contributed by atoms with Crippen LogP contribution in [0.5, 0.6) is 5.75 Å². The Balaban J connectivity index is 1.96. The number of carboxylic acid groups (broad SMARTS) is 1. The normalized spacial score (nSPS) is 10.2. The van der Waals surface area contributed by atoms with Crippen molar-refractivity contribution in [3.8, 4) is 5.75 Å². The van der Waals surface area contributed by atoms with Gasteiger partial charge in [-0.05, 0) is 18.2 Å². The highest BCUT2D eigenvalue weighted by Crippen LogP contribution is 2.25. The predicted octanol–water partition coefficient (Wildman–Crippen LogP) is 3.99. The van der Waals surface area contributed by atoms with E-state index in [4.69, 9.17) is 9.84 Å². The van der Waals surface area contributed by atoms with Gasteiger partial charge in [-0.2, -0.15) is 0 Å². The van der Waals surface area contributed by atoms with E-state index >= 15 is 0 Å². The van der Waals surface area contributed by atoms with Crippen molar-refractivity contribution in [3.63, 3.8) is 0 Å². The Morgan fingerprint density at radius 3 is 2.48 bits per heavy atom. The van der Waals surface area contributed by atoms with E-state index in [9.17, 15) is 9.59 Å². The Kier molecular flexibility index (Phi) is 5.38. The van der Waals surface area contributed by atoms with Crippen molar-refractivity contribution < 1.29 is 19.4 Å². The summed E-state index contributed by atoms with van der Waals surface area (Å²) in [5, 5.41) is 14.5. The maximum Gasteiger partial charge on any atom is 0.338 e. The summed E-state index contributed by atoms with van der Waals surface area (Å²) in [5.74, 6) is -0.981. The molecule has 1 amide bonds. The maximum atomic E-state index is 11.8. The summed E-state index contributed by atoms with van der Waals surface area (Å²) in [5.41, 5.74) is 0.343. The van der Waals surface area contributed by atoms with Gasteiger partial charge in [0.15, 0.2) is 6.61 Å². The van der Waals surface area contributed by atoms with Gasteiger partial charge in [-0.3, -0.25) is 4.79 Å². The molecule has 5 nitrogen and oxygen atoms in total. The lowest BCUT2D eigenvalue weighted by Gasteiger charge is -2.08. The molecule has 0 unspecified atom stereocenters. The van der Waals surface area contributed by atoms with Crippen molar-refractivity contribution in [1.82, 2.24) is 0 Å². The minimum absolute atomic E-state index is 0.0681. The first kappa shape index (κ1) is 16.0. The number of halogens is 2. The molecule has 0 saturated carbocycles. The molecular weight excluding hydrogens is 426 g/mol. The molecule has 2 N–H and O–H groups in total. The number of aromatic carboxylic acids is 1. The zero-order chi connectivity index (χ0) is 15.4. The van der Waals surface area contributed by atoms with Gasteiger partial charge in [0.2, 0.25) is 0 Å². The van der Waals surface area contributed by atoms with Crippen molar-refractivity contribution in [2.45, 2.75) is 0 Å². The van der Waals surface area contributed by atoms with Crippen LogP contribution in [0.3, 0.4) is 0 Å². The molecule has 1 aromatic heterocycles. The molecule has 2 aromatic rings. The van der Waals surface area contributed by atoms with E-state index in [0.717, 1.165) is 8.95 Å². The Morgan fingerprint density at radius 2 is 1.86 bits per heavy atom. The summed E-state index contributed by atoms with van der Waals surface area (Å²) in [7, 11) is 0. The number of rotatable bonds is 5. The molecule has 0 bridgehead atoms. The van der Waals surface area contributed by atoms with Crippen molar-refractivity contribution in [1.29, 1.82) is 0 Å². The summed E-state index contributed by atoms with van der Waals surface area (Å²) in [6.07, 6.45) is 0. The minimum Gasteiger partial charge on any atom is -0.484 e. The molecule has 0 aliphatic rings. The van der Waals surface area contributed by atoms with Crippen LogP contribution in [0.4, 0.5) is 5.69 Å². The maximum absolute atomic E-state index is 11.8. The van der Waals surface area contributed by atoms with Crippen LogP contribution in [0.1, 0.15) is 10.4 Å². The second-order valence-electron chi connectivity index (χ2n) is 3.95. The molecule has 0 saturated heterocycles. The number of carbonyl (C=O) groups excluding carboxylic acids is 1. The zero-order valence-electron chi connectivity index (χ0n) is 10.4. The van der Waals surface area contributed by atoms with Crippen LogP contribution < -0.4 is 10.1 Å². The molecule has 1 aromatic carbocycles. The van der Waals surface area contributed by atoms with E-state index in [-0.39, 0.29) is 17.9 Å². The number of nitrogens with one attached hydrogen (secondary N) is 1. The number of ether oxygens (including phenoxy) is 1. The van der Waals surface area contributed by atoms with E-state index < -0.39 is 11.9 Å². The van der Waals surface area contributed by atoms with Gasteiger partial charge >= 0.3 is 5.97 Å². The number of anilines is 1. The molecule has 0 radical (unpaired) electrons. The van der Waals surface area contributed by atoms with Crippen LogP contribution >= 0.6 is 43.2 Å². The van der Waals surface area contributed by atoms with Gasteiger partial charge in [-0.15, -0.1) is 11.3 Å². The van der Waals surface area contributed by atoms with Gasteiger partial charge < -0.3 is 15.2 Å². The van der Waals surface area contributed by atoms with Crippen LogP contribution in [0.15, 0.2) is 37.9 Å². The summed E-state index contributed by atoms with van der Waals surface area (Å²) < 4.78 is 7.00. The molecule has 0 spiro atoms. The zero-order valence-corrected chi connectivity index (χ0v) is 14.4. The standard InChI is InChI=1S/C13H9Br2NO4S/c14-7-1-8(15)3-9(2-7)20-4-12(17)16-11-6-21-5-10(11)13(18)19/h1-3,5-6H,4H2,(H,16,17)(H,18,19). The summed E-state index contributed by atoms with van der Waals surface area (Å²) >= 11 is 7.85. The van der Waals surface area contributed by atoms with E-state index in [1.807, 2.05) is 6.07 Å². The van der Waals surface area contributed by atoms with Crippen LogP contribution in [-0.2, 0) is 4.79 Å². The van der Waals surface area contributed by atoms with E-state index in [0.29, 0.717) is 5.75 Å². The molecule has 110 valence electrons. The van der Waals surface area contributed by atoms with Gasteiger partial charge in [0, 0.05) is 19.7 Å². The third-order valence-electron chi connectivity index (χ3n) is 2.37. The Bertz CT molecular complexity index is 666. The number of benzene rings is 1. The summed E-state index contributed by atoms with van der Waals surface area (Å²) in [6.45, 7) is -0.211. The first-order chi connectivity index (χ1) is 9.95. The van der Waals surface area contributed by atoms with Crippen LogP contribution in [0.2, 0.25) is 0 Å². The second-order valence-corrected chi connectivity index (χ2v) is 6.52. The van der Waals surface area contributed by atoms with Crippen LogP contribution in [0.25, 0.3) is 0 Å². The second kappa shape index (κ2) is 7.06. The highest BCUT2D eigenvalue weighted by Gasteiger charge is 2.13. The average molecular weight is 435 g/mol. The largest absolute Gasteiger partial charge is 0.484 e. The number of hydrogen-bond acceptors (Lipinski definition) is 4. The predicted molar refractivity (Wildman–Crippen MR) is 87.2 cm³/mol. The number of carbonyl (C=O) groups is 2. The molecule has 2 rings (SSSR count). The highest BCUT2D eigenvalue weighted by molar-refractivity contribution is 9.11. The fourth-order valence-corrected chi connectivity index (χ4v) is 3.51. The van der Waals surface area contributed by atoms with Crippen LogP contribution in [0, 0.1) is 0 Å². The van der Waals surface area contributed by atoms with E-state index in [1.165, 1.54) is 16.7 Å². The Hall–Kier alpha value is -1.38. The first-order valence-corrected chi connectivity index (χ1v) is 8.17. The van der Waals surface area contributed by atoms with Crippen molar-refractivity contribution in [3.05, 3.63) is 43.5 Å². The van der Waals surface area contributed by atoms with Crippen LogP contribution in [-0.4, -0.2) is 23.6 Å². The molecule has 0 aliphatic heterocycles. The number of carboxylic acids is 1. The fourth-order valence-electron chi connectivity index (χ4n) is 1.51. The average Bonchev–Trinajstić information content (AvgIpc) is 2.83. The first-order valence-electron chi connectivity index (χ1n) is 5.64. The molecule has 1 heterocycles. The lowest BCUT2D eigenvalue weighted by molar-refractivity contribution is -0.118. The third-order valence-corrected chi connectivity index (χ3v) is 4.03. The van der Waals surface area contributed by atoms with Gasteiger partial charge in [-0.25, -0.2) is 4.79 Å². The molecule has 0 atom stereocenters. The number of thiophene rings is 1. The van der Waals surface area contributed by atoms with Gasteiger partial charge in [0.25, 0.3) is 5.91 Å². The third kappa shape index (κ3) is 4.55. The van der Waals surface area contributed by atoms with Crippen molar-refractivity contribution >= 4 is 60.8 Å². The van der Waals surface area contributed by atoms with Gasteiger partial charge in [0.05, 0.1) is 11.3 Å². The number of hydrogen-bond donors (Lipinski definition) is 2. The molecule has 0 aliphatic carbocycles. The van der Waals surface area contributed by atoms with Crippen molar-refractivity contribution in [2.24, 2.45) is 0 Å². The minimum atomic E-state index is -1.08. The fraction of sp³-hybridized carbons (Fsp3) is 0.0769. The molecule has 21 heavy (non-hydrogen) atoms. The Labute approximate surface area is 141 Å². The molecule has 0 fully saturated rings. The quantitative estimate of drug-likeness (QED) is 0.745. The Morgan fingerprint density at radius 1 is 1.19 bits per heavy atom. The summed E-state index contributed by atoms with van der Waals surface area (Å²) in [4.78, 5) is 22.7. The molecular formula is C13H9Br2NO4S. The van der Waals surface area contributed by atoms with Gasteiger partial charge in [-0.1, -0.05) is 31.9 Å². The molecule has 8 heteroatoms. The van der Waals surface area contributed by atoms with E-state index in [1.54, 1.807) is 17.5 Å². The van der Waals surface area contributed by atoms with Crippen molar-refractivity contribution in [2.75, 3.05) is 11.9 Å². The lowest BCUT2D eigenvalue weighted by Crippen LogP contribution is -2.21. The number of amides is 1. The topological polar surface area (TPSA) is 75.6 Å². The monoisotopic (exact) mass is 433 g/mol. The van der Waals surface area contributed by atoms with Gasteiger partial charge in [0.1, 0.15) is 5.75 Å².